The van der Waals surface area contributed by atoms with Gasteiger partial charge in [-0.1, -0.05) is 56.4 Å². The number of carbonyl (C=O) groups is 8. The summed E-state index contributed by atoms with van der Waals surface area (Å²) in [6.07, 6.45) is -0.459. The molecule has 1 aliphatic carbocycles. The Labute approximate surface area is 674 Å². The first-order chi connectivity index (χ1) is 55.9. The highest BCUT2D eigenvalue weighted by molar-refractivity contribution is 8.44. The summed E-state index contributed by atoms with van der Waals surface area (Å²) in [5, 5.41) is 25.0. The number of carbonyl (C=O) groups excluding carboxylic acids is 8. The van der Waals surface area contributed by atoms with Crippen LogP contribution >= 0.6 is 27.3 Å². The maximum absolute atomic E-state index is 14.1. The molecule has 0 spiro atoms. The van der Waals surface area contributed by atoms with E-state index < -0.39 is 141 Å². The number of amides is 8. The predicted octanol–water partition coefficient (Wildman–Crippen LogP) is 3.88. The molecule has 116 heavy (non-hydrogen) atoms. The molecule has 43 heteroatoms. The zero-order valence-corrected chi connectivity index (χ0v) is 67.5. The van der Waals surface area contributed by atoms with Gasteiger partial charge in [-0.15, -0.1) is 9.05 Å². The van der Waals surface area contributed by atoms with Crippen LogP contribution in [0.5, 0.6) is 5.88 Å². The van der Waals surface area contributed by atoms with E-state index in [0.717, 1.165) is 11.2 Å². The molecule has 634 valence electrons. The highest BCUT2D eigenvalue weighted by atomic mass is 32.7. The number of hydrogen-bond acceptors (Lipinski definition) is 31. The van der Waals surface area contributed by atoms with Crippen molar-refractivity contribution in [3.63, 3.8) is 0 Å². The number of unbranched alkanes of at least 4 members (excludes halogenated alkanes) is 1. The first-order valence-corrected chi connectivity index (χ1v) is 41.5. The summed E-state index contributed by atoms with van der Waals surface area (Å²) in [6.45, 7) is 4.98. The van der Waals surface area contributed by atoms with Crippen molar-refractivity contribution in [3.8, 4) is 5.88 Å². The average molecular weight is 1690 g/mol. The molecule has 3 aromatic heterocycles. The monoisotopic (exact) mass is 1680 g/mol. The van der Waals surface area contributed by atoms with Crippen molar-refractivity contribution in [2.45, 2.75) is 127 Å². The third-order valence-corrected chi connectivity index (χ3v) is 20.7. The molecule has 2 aromatic carbocycles. The van der Waals surface area contributed by atoms with E-state index in [2.05, 4.69) is 63.8 Å². The van der Waals surface area contributed by atoms with Crippen molar-refractivity contribution in [2.24, 2.45) is 11.8 Å². The third kappa shape index (κ3) is 28.8. The lowest BCUT2D eigenvalue weighted by atomic mass is 10.0. The fourth-order valence-corrected chi connectivity index (χ4v) is 14.5. The lowest BCUT2D eigenvalue weighted by molar-refractivity contribution is -0.137. The van der Waals surface area contributed by atoms with Crippen LogP contribution in [-0.2, 0) is 117 Å². The van der Waals surface area contributed by atoms with Gasteiger partial charge in [-0.25, -0.2) is 24.3 Å². The third-order valence-electron chi connectivity index (χ3n) is 18.3. The van der Waals surface area contributed by atoms with Crippen LogP contribution in [0.25, 0.3) is 11.2 Å². The molecule has 4 aliphatic rings. The minimum atomic E-state index is -4.37. The number of nitrogens with one attached hydrogen (secondary N) is 6. The molecule has 7 N–H and O–H groups in total. The molecule has 9 rings (SSSR count). The van der Waals surface area contributed by atoms with E-state index in [-0.39, 0.29) is 88.1 Å². The summed E-state index contributed by atoms with van der Waals surface area (Å²) in [7, 11) is 0.242. The molecule has 3 fully saturated rings. The lowest BCUT2D eigenvalue weighted by Gasteiger charge is -2.26. The quantitative estimate of drug-likeness (QED) is 0.0119. The molecular weight excluding hydrogens is 1580 g/mol. The molecule has 2 bridgehead atoms. The van der Waals surface area contributed by atoms with E-state index >= 15 is 0 Å². The van der Waals surface area contributed by atoms with E-state index in [0.29, 0.717) is 121 Å². The van der Waals surface area contributed by atoms with Gasteiger partial charge in [-0.3, -0.25) is 62.6 Å². The number of anilines is 2. The minimum Gasteiger partial charge on any atom is -0.474 e. The normalized spacial score (nSPS) is 21.3. The first kappa shape index (κ1) is 91.2. The molecule has 40 nitrogen and oxygen atoms in total. The number of methoxy groups -OCH3 is 1. The van der Waals surface area contributed by atoms with E-state index in [1.807, 2.05) is 0 Å². The van der Waals surface area contributed by atoms with Crippen molar-refractivity contribution in [1.82, 2.24) is 55.2 Å². The molecule has 2 saturated heterocycles. The van der Waals surface area contributed by atoms with Crippen molar-refractivity contribution >= 4 is 97.5 Å². The lowest BCUT2D eigenvalue weighted by Crippen LogP contribution is -2.57. The smallest absolute Gasteiger partial charge is 0.474 e. The fourth-order valence-electron chi connectivity index (χ4n) is 12.2. The van der Waals surface area contributed by atoms with Crippen LogP contribution in [0.1, 0.15) is 87.0 Å². The molecule has 3 aliphatic heterocycles. The summed E-state index contributed by atoms with van der Waals surface area (Å²) in [5.41, 5.74) is 0.0593. The van der Waals surface area contributed by atoms with Crippen LogP contribution in [0.2, 0.25) is 0 Å². The SMILES string of the molecule is COCCOCCOCCOCCOCCOCCOCCOCCC(=O)N[C@@H](CCCCN1C(=O)C=CC1=O)C(=O)N[C@H](C(=O)N[C@@H](C)C(=O)Nc1ccc(COC(=O)N(C)Cc2ccccc2C(=O)Nc2nc3c(ncn3[C@@H]3O[C@H]4CO[P+](=O)O[C@H]5C[C@H](Oc6ccncn6)CC5CO[P@@](=O)(S)O[C@@H]3[C@@H]4O)c(=O)[nH]2)cc1)C(C)C. The maximum Gasteiger partial charge on any atom is 0.697 e. The van der Waals surface area contributed by atoms with E-state index in [1.54, 1.807) is 69.5 Å². The van der Waals surface area contributed by atoms with Crippen molar-refractivity contribution < 1.29 is 123 Å². The van der Waals surface area contributed by atoms with Crippen LogP contribution in [-0.4, -0.2) is 274 Å². The number of rotatable bonds is 46. The Morgan fingerprint density at radius 3 is 2.04 bits per heavy atom. The van der Waals surface area contributed by atoms with E-state index in [4.69, 9.17) is 70.2 Å². The Morgan fingerprint density at radius 2 is 1.41 bits per heavy atom. The summed E-state index contributed by atoms with van der Waals surface area (Å²) >= 11 is 4.23. The molecule has 0 radical (unpaired) electrons. The topological polar surface area (TPSA) is 485 Å². The number of H-pyrrole nitrogens is 1. The molecular formula is C73H100N13O27P2S+. The van der Waals surface area contributed by atoms with Gasteiger partial charge in [0.1, 0.15) is 68.2 Å². The zero-order valence-electron chi connectivity index (χ0n) is 64.9. The standard InChI is InChI=1S/C73H99N13O27P2S/c1-46(2)61(80-68(93)54(12-8-9-22-85-59(88)17-18-60(85)89)79-57(87)20-23-100-26-27-102-30-31-104-34-35-106-37-36-105-33-32-103-29-28-101-25-24-99-5)69(94)77-47(3)66(91)78-51-15-13-48(14-16-51)41-107-73(96)84(4)40-49-10-6-7-11-53(49)67(92)82-72-81-65-62(70(95)83-72)76-45-86(65)71-64-63(90)56(111-71)43-108-114(97)112-55-39-52(110-58-19-21-74-44-75-58)38-50(55)42-109-115(98,116)113-64/h6-7,10-11,13-19,21,44-47,50,52,54-56,61,63-64,71,90H,8-9,12,20,22-43H2,1-5H3,(H6-,77,78,79,80,81,82,83,87,91,92,93,94,95,98,116)/p+1/t47-,50?,52+,54-,55-,56-,61-,63+,64+,71+,115+/m0/s1. The van der Waals surface area contributed by atoms with Gasteiger partial charge in [0.2, 0.25) is 35.5 Å². The Bertz CT molecular complexity index is 4190. The Kier molecular flexibility index (Phi) is 37.0. The van der Waals surface area contributed by atoms with Crippen LogP contribution in [0.3, 0.4) is 0 Å². The number of fused-ring (bicyclic) bond motifs is 4. The van der Waals surface area contributed by atoms with Crippen LogP contribution in [0, 0.1) is 11.8 Å². The number of nitrogens with zero attached hydrogens (tertiary/aromatic N) is 7. The largest absolute Gasteiger partial charge is 0.697 e. The Morgan fingerprint density at radius 1 is 0.759 bits per heavy atom. The van der Waals surface area contributed by atoms with E-state index in [9.17, 15) is 57.4 Å². The molecule has 12 atom stereocenters. The van der Waals surface area contributed by atoms with Crippen molar-refractivity contribution in [2.75, 3.05) is 144 Å². The Balaban J connectivity index is 0.695. The van der Waals surface area contributed by atoms with Gasteiger partial charge < -0.3 is 87.9 Å². The first-order valence-electron chi connectivity index (χ1n) is 37.7. The van der Waals surface area contributed by atoms with Gasteiger partial charge in [0, 0.05) is 86.2 Å². The van der Waals surface area contributed by atoms with Crippen molar-refractivity contribution in [3.05, 3.63) is 113 Å². The van der Waals surface area contributed by atoms with Gasteiger partial charge in [0.15, 0.2) is 17.4 Å². The van der Waals surface area contributed by atoms with E-state index in [1.165, 1.54) is 54.2 Å². The zero-order chi connectivity index (χ0) is 82.9. The fraction of sp³-hybridized carbons (Fsp3) is 0.575. The second-order valence-electron chi connectivity index (χ2n) is 27.3. The van der Waals surface area contributed by atoms with Gasteiger partial charge in [0.05, 0.1) is 112 Å². The predicted molar refractivity (Wildman–Crippen MR) is 412 cm³/mol. The Hall–Kier alpha value is -8.71. The maximum atomic E-state index is 14.1. The minimum absolute atomic E-state index is 0.00385. The molecule has 5 aromatic rings. The summed E-state index contributed by atoms with van der Waals surface area (Å²) < 4.78 is 113. The van der Waals surface area contributed by atoms with Crippen LogP contribution in [0.4, 0.5) is 16.4 Å². The number of aromatic amines is 1. The van der Waals surface area contributed by atoms with Crippen LogP contribution in [0.15, 0.2) is 90.4 Å². The van der Waals surface area contributed by atoms with Gasteiger partial charge in [-0.05, 0) is 67.9 Å². The number of imide groups is 1. The summed E-state index contributed by atoms with van der Waals surface area (Å²) in [6, 6.07) is 10.8. The highest BCUT2D eigenvalue weighted by Crippen LogP contribution is 2.58. The highest BCUT2D eigenvalue weighted by Gasteiger charge is 2.52. The molecule has 1 saturated carbocycles. The number of thiol groups is 1. The summed E-state index contributed by atoms with van der Waals surface area (Å²) in [4.78, 5) is 142. The summed E-state index contributed by atoms with van der Waals surface area (Å²) in [5.74, 6) is -5.25. The van der Waals surface area contributed by atoms with Gasteiger partial charge in [-0.2, -0.15) is 4.98 Å². The number of hydrogen-bond donors (Lipinski definition) is 8. The second-order valence-corrected chi connectivity index (χ2v) is 31.1. The van der Waals surface area contributed by atoms with Crippen LogP contribution < -0.4 is 36.9 Å². The second kappa shape index (κ2) is 47.0. The molecule has 2 unspecified atom stereocenters. The molecule has 6 heterocycles. The number of aromatic nitrogens is 6. The van der Waals surface area contributed by atoms with Gasteiger partial charge >= 0.3 is 21.1 Å². The number of aliphatic hydroxyl groups is 1. The number of imidazole rings is 1. The number of ether oxygens (including phenoxy) is 11. The number of benzene rings is 2. The molecule has 8 amide bonds. The van der Waals surface area contributed by atoms with Crippen molar-refractivity contribution in [1.29, 1.82) is 0 Å². The van der Waals surface area contributed by atoms with Gasteiger partial charge in [0.25, 0.3) is 23.3 Å². The average Bonchev–Trinajstić information content (AvgIpc) is 1.60. The number of aliphatic hydroxyl groups excluding tert-OH is 1.